The van der Waals surface area contributed by atoms with Crippen molar-refractivity contribution < 1.29 is 14.7 Å². The Labute approximate surface area is 116 Å². The molecule has 0 spiro atoms. The van der Waals surface area contributed by atoms with Gasteiger partial charge in [-0.05, 0) is 19.4 Å². The van der Waals surface area contributed by atoms with Gasteiger partial charge in [0.15, 0.2) is 0 Å². The summed E-state index contributed by atoms with van der Waals surface area (Å²) in [5.74, 6) is -1.34. The van der Waals surface area contributed by atoms with Gasteiger partial charge in [-0.2, -0.15) is 0 Å². The van der Waals surface area contributed by atoms with Crippen molar-refractivity contribution in [1.82, 2.24) is 9.88 Å². The van der Waals surface area contributed by atoms with Crippen LogP contribution >= 0.6 is 0 Å². The number of rotatable bonds is 2. The Hall–Kier alpha value is -2.30. The number of para-hydroxylation sites is 1. The Morgan fingerprint density at radius 2 is 2.10 bits per heavy atom. The molecular formula is C15H16N2O3. The van der Waals surface area contributed by atoms with E-state index in [4.69, 9.17) is 5.11 Å². The van der Waals surface area contributed by atoms with Gasteiger partial charge in [0.2, 0.25) is 0 Å². The lowest BCUT2D eigenvalue weighted by molar-refractivity contribution is -0.141. The predicted octanol–water partition coefficient (Wildman–Crippen LogP) is 2.02. The molecule has 1 amide bonds. The zero-order valence-corrected chi connectivity index (χ0v) is 11.2. The summed E-state index contributed by atoms with van der Waals surface area (Å²) in [6.45, 7) is 2.68. The Balaban J connectivity index is 1.94. The largest absolute Gasteiger partial charge is 0.481 e. The molecule has 1 atom stereocenters. The lowest BCUT2D eigenvalue weighted by Crippen LogP contribution is -2.30. The van der Waals surface area contributed by atoms with Crippen LogP contribution in [0.5, 0.6) is 0 Å². The summed E-state index contributed by atoms with van der Waals surface area (Å²) in [6.07, 6.45) is 0.530. The number of nitrogens with zero attached hydrogens (tertiary/aromatic N) is 1. The molecule has 0 bridgehead atoms. The molecule has 1 aliphatic rings. The van der Waals surface area contributed by atoms with Gasteiger partial charge in [0.25, 0.3) is 5.91 Å². The van der Waals surface area contributed by atoms with Crippen LogP contribution < -0.4 is 0 Å². The smallest absolute Gasteiger partial charge is 0.308 e. The minimum absolute atomic E-state index is 0.0799. The number of aliphatic carboxylic acids is 1. The lowest BCUT2D eigenvalue weighted by atomic mass is 10.1. The average molecular weight is 272 g/mol. The number of aromatic nitrogens is 1. The Kier molecular flexibility index (Phi) is 2.97. The van der Waals surface area contributed by atoms with E-state index < -0.39 is 11.9 Å². The fourth-order valence-corrected chi connectivity index (χ4v) is 2.86. The molecule has 2 N–H and O–H groups in total. The number of carbonyl (C=O) groups excluding carboxylic acids is 1. The monoisotopic (exact) mass is 272 g/mol. The van der Waals surface area contributed by atoms with Crippen molar-refractivity contribution in [3.63, 3.8) is 0 Å². The summed E-state index contributed by atoms with van der Waals surface area (Å²) in [5.41, 5.74) is 2.42. The molecule has 1 unspecified atom stereocenters. The van der Waals surface area contributed by atoms with E-state index in [1.807, 2.05) is 31.2 Å². The molecule has 1 fully saturated rings. The van der Waals surface area contributed by atoms with Crippen molar-refractivity contribution in [2.24, 2.45) is 5.92 Å². The van der Waals surface area contributed by atoms with Gasteiger partial charge in [-0.3, -0.25) is 9.59 Å². The molecule has 2 aromatic rings. The van der Waals surface area contributed by atoms with Crippen LogP contribution in [0.1, 0.15) is 22.5 Å². The number of fused-ring (bicyclic) bond motifs is 1. The molecule has 104 valence electrons. The average Bonchev–Trinajstić information content (AvgIpc) is 3.01. The van der Waals surface area contributed by atoms with E-state index in [9.17, 15) is 9.59 Å². The second kappa shape index (κ2) is 4.67. The number of aryl methyl sites for hydroxylation is 1. The summed E-state index contributed by atoms with van der Waals surface area (Å²) >= 11 is 0. The maximum atomic E-state index is 12.6. The first-order chi connectivity index (χ1) is 9.58. The Bertz CT molecular complexity index is 689. The number of carbonyl (C=O) groups is 2. The van der Waals surface area contributed by atoms with E-state index >= 15 is 0 Å². The Morgan fingerprint density at radius 3 is 2.80 bits per heavy atom. The third-order valence-corrected chi connectivity index (χ3v) is 3.93. The molecule has 1 aromatic heterocycles. The second-order valence-electron chi connectivity index (χ2n) is 5.25. The predicted molar refractivity (Wildman–Crippen MR) is 74.7 cm³/mol. The highest BCUT2D eigenvalue weighted by molar-refractivity contribution is 6.08. The molecule has 5 heteroatoms. The quantitative estimate of drug-likeness (QED) is 0.878. The number of amides is 1. The van der Waals surface area contributed by atoms with Gasteiger partial charge >= 0.3 is 5.97 Å². The minimum atomic E-state index is -0.823. The number of hydrogen-bond donors (Lipinski definition) is 2. The number of benzene rings is 1. The van der Waals surface area contributed by atoms with Crippen molar-refractivity contribution in [2.45, 2.75) is 13.3 Å². The van der Waals surface area contributed by atoms with E-state index in [1.165, 1.54) is 0 Å². The van der Waals surface area contributed by atoms with Gasteiger partial charge in [-0.1, -0.05) is 18.2 Å². The molecular weight excluding hydrogens is 256 g/mol. The highest BCUT2D eigenvalue weighted by Gasteiger charge is 2.32. The zero-order valence-electron chi connectivity index (χ0n) is 11.2. The number of likely N-dealkylation sites (tertiary alicyclic amines) is 1. The standard InChI is InChI=1S/C15H16N2O3/c1-9-13(11-4-2-3-5-12(11)16-9)14(18)17-7-6-10(8-17)15(19)20/h2-5,10,16H,6-8H2,1H3,(H,19,20). The van der Waals surface area contributed by atoms with Crippen molar-refractivity contribution in [1.29, 1.82) is 0 Å². The highest BCUT2D eigenvalue weighted by Crippen LogP contribution is 2.26. The lowest BCUT2D eigenvalue weighted by Gasteiger charge is -2.16. The van der Waals surface area contributed by atoms with Crippen molar-refractivity contribution in [3.05, 3.63) is 35.5 Å². The number of aromatic amines is 1. The van der Waals surface area contributed by atoms with E-state index in [0.29, 0.717) is 25.1 Å². The topological polar surface area (TPSA) is 73.4 Å². The number of H-pyrrole nitrogens is 1. The van der Waals surface area contributed by atoms with Crippen LogP contribution in [0, 0.1) is 12.8 Å². The van der Waals surface area contributed by atoms with Crippen LogP contribution in [-0.4, -0.2) is 40.0 Å². The van der Waals surface area contributed by atoms with Gasteiger partial charge in [-0.15, -0.1) is 0 Å². The van der Waals surface area contributed by atoms with E-state index in [1.54, 1.807) is 4.90 Å². The molecule has 20 heavy (non-hydrogen) atoms. The van der Waals surface area contributed by atoms with Crippen LogP contribution in [-0.2, 0) is 4.79 Å². The maximum Gasteiger partial charge on any atom is 0.308 e. The zero-order chi connectivity index (χ0) is 14.3. The molecule has 2 heterocycles. The third-order valence-electron chi connectivity index (χ3n) is 3.93. The van der Waals surface area contributed by atoms with Crippen LogP contribution in [0.2, 0.25) is 0 Å². The molecule has 5 nitrogen and oxygen atoms in total. The van der Waals surface area contributed by atoms with Crippen molar-refractivity contribution in [3.8, 4) is 0 Å². The highest BCUT2D eigenvalue weighted by atomic mass is 16.4. The first-order valence-electron chi connectivity index (χ1n) is 6.67. The SMILES string of the molecule is Cc1[nH]c2ccccc2c1C(=O)N1CCC(C(=O)O)C1. The van der Waals surface area contributed by atoms with Crippen molar-refractivity contribution >= 4 is 22.8 Å². The third kappa shape index (κ3) is 1.95. The van der Waals surface area contributed by atoms with Gasteiger partial charge in [0, 0.05) is 29.7 Å². The van der Waals surface area contributed by atoms with Gasteiger partial charge < -0.3 is 15.0 Å². The van der Waals surface area contributed by atoms with Crippen LogP contribution in [0.3, 0.4) is 0 Å². The summed E-state index contributed by atoms with van der Waals surface area (Å²) < 4.78 is 0. The number of hydrogen-bond acceptors (Lipinski definition) is 2. The molecule has 0 aliphatic carbocycles. The molecule has 1 saturated heterocycles. The van der Waals surface area contributed by atoms with E-state index in [-0.39, 0.29) is 5.91 Å². The molecule has 3 rings (SSSR count). The first kappa shape index (κ1) is 12.7. The summed E-state index contributed by atoms with van der Waals surface area (Å²) in [5, 5.41) is 9.92. The van der Waals surface area contributed by atoms with E-state index in [0.717, 1.165) is 16.6 Å². The normalized spacial score (nSPS) is 18.6. The van der Waals surface area contributed by atoms with E-state index in [2.05, 4.69) is 4.98 Å². The molecule has 1 aromatic carbocycles. The minimum Gasteiger partial charge on any atom is -0.481 e. The molecule has 0 radical (unpaired) electrons. The maximum absolute atomic E-state index is 12.6. The van der Waals surface area contributed by atoms with Gasteiger partial charge in [0.05, 0.1) is 11.5 Å². The van der Waals surface area contributed by atoms with Gasteiger partial charge in [-0.25, -0.2) is 0 Å². The Morgan fingerprint density at radius 1 is 1.35 bits per heavy atom. The van der Waals surface area contributed by atoms with Crippen molar-refractivity contribution in [2.75, 3.05) is 13.1 Å². The number of nitrogens with one attached hydrogen (secondary N) is 1. The summed E-state index contributed by atoms with van der Waals surface area (Å²) in [4.78, 5) is 28.5. The number of carboxylic acid groups (broad SMARTS) is 1. The second-order valence-corrected chi connectivity index (χ2v) is 5.25. The van der Waals surface area contributed by atoms with Gasteiger partial charge in [0.1, 0.15) is 0 Å². The fraction of sp³-hybridized carbons (Fsp3) is 0.333. The summed E-state index contributed by atoms with van der Waals surface area (Å²) in [7, 11) is 0. The van der Waals surface area contributed by atoms with Crippen LogP contribution in [0.15, 0.2) is 24.3 Å². The van der Waals surface area contributed by atoms with Crippen LogP contribution in [0.4, 0.5) is 0 Å². The first-order valence-corrected chi connectivity index (χ1v) is 6.67. The van der Waals surface area contributed by atoms with Crippen LogP contribution in [0.25, 0.3) is 10.9 Å². The fourth-order valence-electron chi connectivity index (χ4n) is 2.86. The number of carboxylic acids is 1. The molecule has 0 saturated carbocycles. The summed E-state index contributed by atoms with van der Waals surface area (Å²) in [6, 6.07) is 7.67. The molecule has 1 aliphatic heterocycles.